The average Bonchev–Trinajstić information content (AvgIpc) is 3.33. The van der Waals surface area contributed by atoms with Crippen LogP contribution in [0.2, 0.25) is 0 Å². The topological polar surface area (TPSA) is 63.1 Å². The van der Waals surface area contributed by atoms with Gasteiger partial charge >= 0.3 is 0 Å². The molecule has 0 spiro atoms. The molecule has 2 heterocycles. The number of nitrogens with zero attached hydrogens (tertiary/aromatic N) is 2. The number of hydrogen-bond acceptors (Lipinski definition) is 6. The van der Waals surface area contributed by atoms with Crippen molar-refractivity contribution in [1.29, 1.82) is 0 Å². The Morgan fingerprint density at radius 3 is 2.25 bits per heavy atom. The second-order valence-corrected chi connectivity index (χ2v) is 9.11. The minimum absolute atomic E-state index is 0. The fourth-order valence-electron chi connectivity index (χ4n) is 3.09. The molecule has 2 aromatic heterocycles. The van der Waals surface area contributed by atoms with E-state index in [0.29, 0.717) is 0 Å². The van der Waals surface area contributed by atoms with Gasteiger partial charge in [0.05, 0.1) is 5.76 Å². The monoisotopic (exact) mass is 636 g/mol. The third-order valence-electron chi connectivity index (χ3n) is 4.34. The number of hydrogen-bond donors (Lipinski definition) is 1. The van der Waals surface area contributed by atoms with E-state index in [1.807, 2.05) is 24.3 Å². The molecule has 32 heavy (non-hydrogen) atoms. The molecule has 0 saturated carbocycles. The Kier molecular flexibility index (Phi) is 8.04. The number of fused-ring (bicyclic) bond motifs is 2. The van der Waals surface area contributed by atoms with Gasteiger partial charge in [-0.15, -0.1) is 40.5 Å². The van der Waals surface area contributed by atoms with Crippen molar-refractivity contribution < 1.29 is 30.0 Å². The molecule has 0 saturated heterocycles. The zero-order chi connectivity index (χ0) is 21.8. The standard InChI is InChI=1S/C20H11N2S2.C5H8O2.Ir/c1-2-8-14(9-3-1)18-21-17-20(23-18)24-19(22-17)16-12-6-10-13-7-4-5-11-15(13)16;1-4(6)3-5(2)7;/h1-11H;3,6H,1-2H3;/q-1;;/b;4-3-;. The Bertz CT molecular complexity index is 1350. The summed E-state index contributed by atoms with van der Waals surface area (Å²) in [5, 5.41) is 12.8. The van der Waals surface area contributed by atoms with Crippen LogP contribution >= 0.6 is 22.7 Å². The minimum Gasteiger partial charge on any atom is -0.512 e. The van der Waals surface area contributed by atoms with Crippen LogP contribution in [0.3, 0.4) is 0 Å². The second-order valence-electron chi connectivity index (χ2n) is 6.85. The van der Waals surface area contributed by atoms with Gasteiger partial charge in [0.1, 0.15) is 9.02 Å². The Morgan fingerprint density at radius 2 is 1.59 bits per heavy atom. The molecule has 1 radical (unpaired) electrons. The van der Waals surface area contributed by atoms with Crippen LogP contribution in [-0.4, -0.2) is 20.9 Å². The number of aliphatic hydroxyl groups excluding tert-OH is 1. The molecular weight excluding hydrogens is 617 g/mol. The molecule has 0 bridgehead atoms. The summed E-state index contributed by atoms with van der Waals surface area (Å²) in [6.45, 7) is 2.85. The van der Waals surface area contributed by atoms with Gasteiger partial charge in [0.2, 0.25) is 0 Å². The van der Waals surface area contributed by atoms with Crippen LogP contribution < -0.4 is 0 Å². The summed E-state index contributed by atoms with van der Waals surface area (Å²) in [5.41, 5.74) is 3.04. The summed E-state index contributed by atoms with van der Waals surface area (Å²) in [6.07, 6.45) is 1.17. The summed E-state index contributed by atoms with van der Waals surface area (Å²) < 4.78 is 1.16. The summed E-state index contributed by atoms with van der Waals surface area (Å²) in [6, 6.07) is 26.0. The van der Waals surface area contributed by atoms with Gasteiger partial charge in [0.15, 0.2) is 11.4 Å². The SMILES string of the molecule is CC(=O)/C=C(/C)O.[Ir].[c-]1ccc2ccccc2c1-c1nc2nc(-c3ccccc3)sc2s1. The molecule has 5 rings (SSSR count). The summed E-state index contributed by atoms with van der Waals surface area (Å²) in [7, 11) is 0. The Balaban J connectivity index is 0.000000318. The largest absolute Gasteiger partial charge is 0.512 e. The van der Waals surface area contributed by atoms with E-state index in [1.165, 1.54) is 30.7 Å². The number of ketones is 1. The van der Waals surface area contributed by atoms with Crippen LogP contribution in [0.5, 0.6) is 0 Å². The number of benzene rings is 3. The quantitative estimate of drug-likeness (QED) is 0.131. The molecule has 0 atom stereocenters. The van der Waals surface area contributed by atoms with E-state index in [0.717, 1.165) is 30.8 Å². The van der Waals surface area contributed by atoms with Crippen molar-refractivity contribution >= 4 is 48.9 Å². The molecule has 7 heteroatoms. The molecule has 0 aliphatic rings. The smallest absolute Gasteiger partial charge is 0.172 e. The Hall–Kier alpha value is -2.70. The molecule has 0 aliphatic carbocycles. The van der Waals surface area contributed by atoms with Crippen LogP contribution in [0.25, 0.3) is 41.6 Å². The van der Waals surface area contributed by atoms with Crippen LogP contribution in [0.15, 0.2) is 78.6 Å². The third-order valence-corrected chi connectivity index (χ3v) is 6.59. The van der Waals surface area contributed by atoms with E-state index < -0.39 is 0 Å². The molecule has 0 fully saturated rings. The Labute approximate surface area is 207 Å². The fourth-order valence-corrected chi connectivity index (χ4v) is 5.23. The third kappa shape index (κ3) is 5.56. The zero-order valence-corrected chi connectivity index (χ0v) is 21.4. The van der Waals surface area contributed by atoms with Gasteiger partial charge in [0, 0.05) is 36.8 Å². The van der Waals surface area contributed by atoms with Crippen molar-refractivity contribution in [3.8, 4) is 21.1 Å². The van der Waals surface area contributed by atoms with Gasteiger partial charge in [-0.3, -0.25) is 9.78 Å². The van der Waals surface area contributed by atoms with Crippen molar-refractivity contribution in [1.82, 2.24) is 9.97 Å². The van der Waals surface area contributed by atoms with Gasteiger partial charge in [0.25, 0.3) is 0 Å². The van der Waals surface area contributed by atoms with E-state index in [9.17, 15) is 4.79 Å². The summed E-state index contributed by atoms with van der Waals surface area (Å²) in [4.78, 5) is 19.5. The first-order valence-electron chi connectivity index (χ1n) is 9.61. The molecule has 0 amide bonds. The first-order valence-corrected chi connectivity index (χ1v) is 11.2. The number of aromatic nitrogens is 2. The maximum Gasteiger partial charge on any atom is 0.172 e. The number of carbonyl (C=O) groups excluding carboxylic acids is 1. The van der Waals surface area contributed by atoms with Crippen molar-refractivity contribution in [2.24, 2.45) is 0 Å². The van der Waals surface area contributed by atoms with E-state index in [2.05, 4.69) is 48.5 Å². The summed E-state index contributed by atoms with van der Waals surface area (Å²) >= 11 is 3.40. The summed E-state index contributed by atoms with van der Waals surface area (Å²) in [5.74, 6) is -0.0625. The van der Waals surface area contributed by atoms with Crippen LogP contribution in [0.1, 0.15) is 13.8 Å². The van der Waals surface area contributed by atoms with Crippen molar-refractivity contribution in [2.45, 2.75) is 13.8 Å². The Morgan fingerprint density at radius 1 is 0.938 bits per heavy atom. The van der Waals surface area contributed by atoms with Crippen molar-refractivity contribution in [3.63, 3.8) is 0 Å². The molecular formula is C25H19IrN2O2S2-. The normalized spacial score (nSPS) is 11.0. The molecule has 5 aromatic rings. The molecule has 3 aromatic carbocycles. The van der Waals surface area contributed by atoms with E-state index >= 15 is 0 Å². The number of carbonyl (C=O) groups is 1. The minimum atomic E-state index is -0.125. The van der Waals surface area contributed by atoms with Crippen LogP contribution in [0, 0.1) is 6.07 Å². The van der Waals surface area contributed by atoms with Crippen molar-refractivity contribution in [3.05, 3.63) is 84.6 Å². The maximum absolute atomic E-state index is 10.0. The zero-order valence-electron chi connectivity index (χ0n) is 17.3. The number of aliphatic hydroxyl groups is 1. The molecule has 163 valence electrons. The average molecular weight is 636 g/mol. The van der Waals surface area contributed by atoms with Crippen molar-refractivity contribution in [2.75, 3.05) is 0 Å². The van der Waals surface area contributed by atoms with Crippen LogP contribution in [-0.2, 0) is 24.9 Å². The number of thiazole rings is 2. The van der Waals surface area contributed by atoms with Gasteiger partial charge < -0.3 is 5.11 Å². The van der Waals surface area contributed by atoms with E-state index in [-0.39, 0.29) is 31.6 Å². The molecule has 0 unspecified atom stereocenters. The first kappa shape index (κ1) is 24.0. The second kappa shape index (κ2) is 10.7. The number of rotatable bonds is 3. The predicted molar refractivity (Wildman–Crippen MR) is 130 cm³/mol. The maximum atomic E-state index is 10.0. The van der Waals surface area contributed by atoms with E-state index in [1.54, 1.807) is 22.7 Å². The van der Waals surface area contributed by atoms with Gasteiger partial charge in [-0.1, -0.05) is 60.0 Å². The number of allylic oxidation sites excluding steroid dienone is 2. The van der Waals surface area contributed by atoms with Gasteiger partial charge in [-0.25, -0.2) is 4.98 Å². The molecule has 4 nitrogen and oxygen atoms in total. The first-order chi connectivity index (χ1) is 15.0. The fraction of sp³-hybridized carbons (Fsp3) is 0.0800. The van der Waals surface area contributed by atoms with Gasteiger partial charge in [-0.05, 0) is 13.8 Å². The van der Waals surface area contributed by atoms with Crippen LogP contribution in [0.4, 0.5) is 0 Å². The van der Waals surface area contributed by atoms with Gasteiger partial charge in [-0.2, -0.15) is 11.3 Å². The molecule has 0 aliphatic heterocycles. The van der Waals surface area contributed by atoms with E-state index in [4.69, 9.17) is 15.1 Å². The predicted octanol–water partition coefficient (Wildman–Crippen LogP) is 7.07. The molecule has 1 N–H and O–H groups in total.